The molecule has 1 amide bonds. The SMILES string of the molecule is CCNCC(=O)NS(=O)(=O)CC. The average molecular weight is 194 g/mol. The molecule has 0 heterocycles. The van der Waals surface area contributed by atoms with E-state index in [1.165, 1.54) is 6.92 Å². The van der Waals surface area contributed by atoms with Crippen LogP contribution in [0.15, 0.2) is 0 Å². The number of rotatable bonds is 5. The first kappa shape index (κ1) is 11.4. The van der Waals surface area contributed by atoms with Crippen molar-refractivity contribution in [1.82, 2.24) is 10.0 Å². The zero-order chi connectivity index (χ0) is 9.61. The molecule has 12 heavy (non-hydrogen) atoms. The smallest absolute Gasteiger partial charge is 0.247 e. The van der Waals surface area contributed by atoms with E-state index in [9.17, 15) is 13.2 Å². The fourth-order valence-electron chi connectivity index (χ4n) is 0.520. The van der Waals surface area contributed by atoms with Crippen LogP contribution in [0.1, 0.15) is 13.8 Å². The highest BCUT2D eigenvalue weighted by Crippen LogP contribution is 1.80. The van der Waals surface area contributed by atoms with Crippen molar-refractivity contribution >= 4 is 15.9 Å². The topological polar surface area (TPSA) is 75.3 Å². The van der Waals surface area contributed by atoms with Gasteiger partial charge in [0, 0.05) is 0 Å². The average Bonchev–Trinajstić information content (AvgIpc) is 2.00. The monoisotopic (exact) mass is 194 g/mol. The molecule has 0 unspecified atom stereocenters. The zero-order valence-corrected chi connectivity index (χ0v) is 8.07. The molecule has 0 saturated carbocycles. The molecule has 2 N–H and O–H groups in total. The zero-order valence-electron chi connectivity index (χ0n) is 7.25. The lowest BCUT2D eigenvalue weighted by Crippen LogP contribution is -2.38. The molecule has 0 spiro atoms. The number of amides is 1. The Balaban J connectivity index is 3.85. The van der Waals surface area contributed by atoms with E-state index in [1.54, 1.807) is 0 Å². The van der Waals surface area contributed by atoms with Gasteiger partial charge in [0.15, 0.2) is 0 Å². The van der Waals surface area contributed by atoms with Crippen LogP contribution in [0, 0.1) is 0 Å². The first-order chi connectivity index (χ1) is 5.52. The Morgan fingerprint density at radius 3 is 2.33 bits per heavy atom. The lowest BCUT2D eigenvalue weighted by molar-refractivity contribution is -0.118. The molecule has 72 valence electrons. The molecule has 0 aromatic carbocycles. The van der Waals surface area contributed by atoms with Gasteiger partial charge in [-0.1, -0.05) is 6.92 Å². The first-order valence-corrected chi connectivity index (χ1v) is 5.41. The Hall–Kier alpha value is -0.620. The Morgan fingerprint density at radius 1 is 1.33 bits per heavy atom. The minimum absolute atomic E-state index is 0.0374. The summed E-state index contributed by atoms with van der Waals surface area (Å²) in [6.07, 6.45) is 0. The van der Waals surface area contributed by atoms with Gasteiger partial charge in [0.25, 0.3) is 0 Å². The van der Waals surface area contributed by atoms with Crippen LogP contribution in [0.3, 0.4) is 0 Å². The van der Waals surface area contributed by atoms with E-state index >= 15 is 0 Å². The van der Waals surface area contributed by atoms with Gasteiger partial charge in [0.05, 0.1) is 12.3 Å². The number of hydrogen-bond donors (Lipinski definition) is 2. The Bertz CT molecular complexity index is 235. The van der Waals surface area contributed by atoms with Crippen molar-refractivity contribution in [3.8, 4) is 0 Å². The summed E-state index contributed by atoms with van der Waals surface area (Å²) in [5.41, 5.74) is 0. The molecule has 0 aliphatic carbocycles. The maximum Gasteiger partial charge on any atom is 0.247 e. The molecular formula is C6H14N2O3S. The Labute approximate surface area is 72.6 Å². The number of hydrogen-bond acceptors (Lipinski definition) is 4. The van der Waals surface area contributed by atoms with Gasteiger partial charge in [-0.2, -0.15) is 0 Å². The quantitative estimate of drug-likeness (QED) is 0.592. The van der Waals surface area contributed by atoms with Gasteiger partial charge >= 0.3 is 0 Å². The molecule has 0 rings (SSSR count). The predicted molar refractivity (Wildman–Crippen MR) is 46.1 cm³/mol. The fourth-order valence-corrected chi connectivity index (χ4v) is 1.08. The molecule has 0 radical (unpaired) electrons. The molecule has 0 bridgehead atoms. The van der Waals surface area contributed by atoms with Crippen molar-refractivity contribution in [2.24, 2.45) is 0 Å². The number of nitrogens with one attached hydrogen (secondary N) is 2. The van der Waals surface area contributed by atoms with Crippen molar-refractivity contribution in [2.45, 2.75) is 13.8 Å². The summed E-state index contributed by atoms with van der Waals surface area (Å²) in [5, 5.41) is 2.72. The highest BCUT2D eigenvalue weighted by Gasteiger charge is 2.10. The summed E-state index contributed by atoms with van der Waals surface area (Å²) in [4.78, 5) is 10.8. The number of sulfonamides is 1. The van der Waals surface area contributed by atoms with Gasteiger partial charge in [-0.05, 0) is 13.5 Å². The number of likely N-dealkylation sites (N-methyl/N-ethyl adjacent to an activating group) is 1. The van der Waals surface area contributed by atoms with E-state index in [-0.39, 0.29) is 12.3 Å². The lowest BCUT2D eigenvalue weighted by Gasteiger charge is -2.03. The van der Waals surface area contributed by atoms with Gasteiger partial charge in [0.1, 0.15) is 0 Å². The third kappa shape index (κ3) is 5.09. The van der Waals surface area contributed by atoms with Crippen LogP contribution in [0.5, 0.6) is 0 Å². The summed E-state index contributed by atoms with van der Waals surface area (Å²) < 4.78 is 23.5. The summed E-state index contributed by atoms with van der Waals surface area (Å²) in [6, 6.07) is 0. The van der Waals surface area contributed by atoms with E-state index in [1.807, 2.05) is 11.6 Å². The molecule has 0 aliphatic rings. The van der Waals surface area contributed by atoms with Crippen molar-refractivity contribution < 1.29 is 13.2 Å². The van der Waals surface area contributed by atoms with Gasteiger partial charge in [-0.25, -0.2) is 8.42 Å². The second kappa shape index (κ2) is 5.10. The van der Waals surface area contributed by atoms with E-state index in [0.29, 0.717) is 6.54 Å². The minimum Gasteiger partial charge on any atom is -0.309 e. The molecule has 0 saturated heterocycles. The van der Waals surface area contributed by atoms with E-state index in [0.717, 1.165) is 0 Å². The number of carbonyl (C=O) groups excluding carboxylic acids is 1. The minimum atomic E-state index is -3.39. The van der Waals surface area contributed by atoms with Crippen molar-refractivity contribution in [2.75, 3.05) is 18.8 Å². The van der Waals surface area contributed by atoms with Gasteiger partial charge < -0.3 is 5.32 Å². The van der Waals surface area contributed by atoms with Crippen LogP contribution >= 0.6 is 0 Å². The molecule has 0 atom stereocenters. The molecule has 0 aromatic rings. The Kier molecular flexibility index (Phi) is 4.84. The second-order valence-electron chi connectivity index (χ2n) is 2.21. The van der Waals surface area contributed by atoms with Gasteiger partial charge in [0.2, 0.25) is 15.9 Å². The highest BCUT2D eigenvalue weighted by molar-refractivity contribution is 7.90. The maximum atomic E-state index is 10.8. The molecule has 0 fully saturated rings. The summed E-state index contributed by atoms with van der Waals surface area (Å²) >= 11 is 0. The van der Waals surface area contributed by atoms with Crippen LogP contribution in [-0.2, 0) is 14.8 Å². The van der Waals surface area contributed by atoms with Crippen molar-refractivity contribution in [3.05, 3.63) is 0 Å². The predicted octanol–water partition coefficient (Wildman–Crippen LogP) is -0.938. The van der Waals surface area contributed by atoms with Crippen LogP contribution in [0.4, 0.5) is 0 Å². The standard InChI is InChI=1S/C6H14N2O3S/c1-3-7-5-6(9)8-12(10,11)4-2/h7H,3-5H2,1-2H3,(H,8,9). The van der Waals surface area contributed by atoms with Crippen molar-refractivity contribution in [1.29, 1.82) is 0 Å². The van der Waals surface area contributed by atoms with E-state index in [4.69, 9.17) is 0 Å². The normalized spacial score (nSPS) is 11.2. The molecule has 6 heteroatoms. The van der Waals surface area contributed by atoms with Crippen LogP contribution in [0.2, 0.25) is 0 Å². The third-order valence-corrected chi connectivity index (χ3v) is 2.48. The van der Waals surface area contributed by atoms with Gasteiger partial charge in [-0.3, -0.25) is 9.52 Å². The lowest BCUT2D eigenvalue weighted by atomic mass is 10.6. The summed E-state index contributed by atoms with van der Waals surface area (Å²) in [5.74, 6) is -0.594. The fraction of sp³-hybridized carbons (Fsp3) is 0.833. The van der Waals surface area contributed by atoms with Crippen LogP contribution < -0.4 is 10.0 Å². The third-order valence-electron chi connectivity index (χ3n) is 1.18. The largest absolute Gasteiger partial charge is 0.309 e. The van der Waals surface area contributed by atoms with Crippen LogP contribution in [0.25, 0.3) is 0 Å². The van der Waals surface area contributed by atoms with Crippen molar-refractivity contribution in [3.63, 3.8) is 0 Å². The van der Waals surface area contributed by atoms with E-state index in [2.05, 4.69) is 5.32 Å². The van der Waals surface area contributed by atoms with Gasteiger partial charge in [-0.15, -0.1) is 0 Å². The van der Waals surface area contributed by atoms with Crippen LogP contribution in [-0.4, -0.2) is 33.2 Å². The Morgan fingerprint density at radius 2 is 1.92 bits per heavy atom. The molecule has 0 aromatic heterocycles. The molecule has 5 nitrogen and oxygen atoms in total. The molecular weight excluding hydrogens is 180 g/mol. The highest BCUT2D eigenvalue weighted by atomic mass is 32.2. The summed E-state index contributed by atoms with van der Waals surface area (Å²) in [7, 11) is -3.39. The first-order valence-electron chi connectivity index (χ1n) is 3.76. The molecule has 0 aliphatic heterocycles. The second-order valence-corrected chi connectivity index (χ2v) is 4.22. The van der Waals surface area contributed by atoms with E-state index < -0.39 is 15.9 Å². The number of carbonyl (C=O) groups is 1. The summed E-state index contributed by atoms with van der Waals surface area (Å²) in [6.45, 7) is 3.99. The maximum absolute atomic E-state index is 10.8.